The minimum Gasteiger partial charge on any atom is -0.391 e. The number of para-hydroxylation sites is 1. The molecule has 2 amide bonds. The largest absolute Gasteiger partial charge is 0.391 e. The van der Waals surface area contributed by atoms with Crippen molar-refractivity contribution < 1.29 is 19.1 Å². The molecule has 0 bridgehead atoms. The minimum atomic E-state index is -0.679. The third-order valence-corrected chi connectivity index (χ3v) is 8.74. The number of carbonyl (C=O) groups is 2. The molecule has 4 atom stereocenters. The lowest BCUT2D eigenvalue weighted by molar-refractivity contribution is -0.140. The summed E-state index contributed by atoms with van der Waals surface area (Å²) in [5.74, 6) is -0.491. The van der Waals surface area contributed by atoms with Crippen LogP contribution in [-0.2, 0) is 16.0 Å². The van der Waals surface area contributed by atoms with Crippen molar-refractivity contribution in [2.24, 2.45) is 5.92 Å². The van der Waals surface area contributed by atoms with Crippen LogP contribution in [0.1, 0.15) is 57.9 Å². The number of rotatable bonds is 9. The lowest BCUT2D eigenvalue weighted by Crippen LogP contribution is -2.57. The summed E-state index contributed by atoms with van der Waals surface area (Å²) >= 11 is 0. The van der Waals surface area contributed by atoms with Gasteiger partial charge in [0.1, 0.15) is 11.9 Å². The molecule has 1 saturated heterocycles. The van der Waals surface area contributed by atoms with Crippen molar-refractivity contribution >= 4 is 22.7 Å². The molecule has 1 unspecified atom stereocenters. The van der Waals surface area contributed by atoms with Crippen LogP contribution in [0.2, 0.25) is 0 Å². The molecule has 3 aromatic rings. The van der Waals surface area contributed by atoms with Gasteiger partial charge in [-0.25, -0.2) is 4.39 Å². The molecule has 2 aliphatic rings. The number of aliphatic hydroxyl groups excluding tert-OH is 1. The Bertz CT molecular complexity index is 1320. The van der Waals surface area contributed by atoms with Crippen molar-refractivity contribution in [3.63, 3.8) is 0 Å². The molecule has 1 saturated carbocycles. The van der Waals surface area contributed by atoms with E-state index in [0.717, 1.165) is 59.8 Å². The number of fused-ring (bicyclic) bond motifs is 1. The van der Waals surface area contributed by atoms with Crippen molar-refractivity contribution in [3.8, 4) is 11.3 Å². The lowest BCUT2D eigenvalue weighted by atomic mass is 9.83. The Morgan fingerprint density at radius 2 is 1.80 bits per heavy atom. The molecule has 1 aliphatic heterocycles. The first kappa shape index (κ1) is 28.3. The summed E-state index contributed by atoms with van der Waals surface area (Å²) in [6.45, 7) is 4.88. The second-order valence-corrected chi connectivity index (χ2v) is 11.4. The fraction of sp³-hybridized carbons (Fsp3) is 0.500. The number of nitrogens with one attached hydrogen (secondary N) is 3. The van der Waals surface area contributed by atoms with Crippen LogP contribution in [0.4, 0.5) is 4.39 Å². The zero-order valence-corrected chi connectivity index (χ0v) is 23.5. The monoisotopic (exact) mass is 548 g/mol. The van der Waals surface area contributed by atoms with Gasteiger partial charge in [0.2, 0.25) is 11.8 Å². The second-order valence-electron chi connectivity index (χ2n) is 11.4. The first-order valence-corrected chi connectivity index (χ1v) is 14.7. The minimum absolute atomic E-state index is 0.0836. The third kappa shape index (κ3) is 5.93. The molecular weight excluding hydrogens is 507 g/mol. The maximum absolute atomic E-state index is 14.2. The van der Waals surface area contributed by atoms with Gasteiger partial charge in [0.15, 0.2) is 0 Å². The number of likely N-dealkylation sites (N-methyl/N-ethyl adjacent to an activating group) is 1. The van der Waals surface area contributed by atoms with E-state index < -0.39 is 24.2 Å². The quantitative estimate of drug-likeness (QED) is 0.316. The summed E-state index contributed by atoms with van der Waals surface area (Å²) in [7, 11) is 0. The van der Waals surface area contributed by atoms with Crippen molar-refractivity contribution in [3.05, 3.63) is 59.9 Å². The van der Waals surface area contributed by atoms with E-state index in [0.29, 0.717) is 25.9 Å². The van der Waals surface area contributed by atoms with Crippen LogP contribution in [0.3, 0.4) is 0 Å². The smallest absolute Gasteiger partial charge is 0.245 e. The number of hydrogen-bond acceptors (Lipinski definition) is 4. The van der Waals surface area contributed by atoms with E-state index >= 15 is 0 Å². The van der Waals surface area contributed by atoms with Crippen molar-refractivity contribution in [2.75, 3.05) is 13.1 Å². The van der Waals surface area contributed by atoms with Crippen LogP contribution >= 0.6 is 0 Å². The molecule has 2 heterocycles. The molecule has 4 N–H and O–H groups in total. The summed E-state index contributed by atoms with van der Waals surface area (Å²) in [6.07, 6.45) is 5.32. The summed E-state index contributed by atoms with van der Waals surface area (Å²) in [5, 5.41) is 18.4. The zero-order valence-electron chi connectivity index (χ0n) is 23.5. The highest BCUT2D eigenvalue weighted by molar-refractivity contribution is 5.92. The van der Waals surface area contributed by atoms with Crippen LogP contribution in [0.15, 0.2) is 48.5 Å². The number of aliphatic hydroxyl groups is 1. The Morgan fingerprint density at radius 3 is 2.52 bits per heavy atom. The van der Waals surface area contributed by atoms with E-state index in [1.54, 1.807) is 17.0 Å². The molecule has 2 fully saturated rings. The first-order chi connectivity index (χ1) is 19.4. The number of aromatic amines is 1. The van der Waals surface area contributed by atoms with E-state index in [1.165, 1.54) is 12.1 Å². The summed E-state index contributed by atoms with van der Waals surface area (Å²) in [5.41, 5.74) is 3.66. The number of halogens is 1. The van der Waals surface area contributed by atoms with Gasteiger partial charge in [-0.1, -0.05) is 44.4 Å². The Morgan fingerprint density at radius 1 is 1.07 bits per heavy atom. The normalized spacial score (nSPS) is 21.4. The highest BCUT2D eigenvalue weighted by atomic mass is 19.1. The average Bonchev–Trinajstić information content (AvgIpc) is 3.52. The van der Waals surface area contributed by atoms with Gasteiger partial charge in [0, 0.05) is 23.1 Å². The van der Waals surface area contributed by atoms with Crippen molar-refractivity contribution in [2.45, 2.75) is 83.0 Å². The van der Waals surface area contributed by atoms with Gasteiger partial charge in [-0.05, 0) is 86.5 Å². The molecule has 40 heavy (non-hydrogen) atoms. The Labute approximate surface area is 235 Å². The molecule has 0 radical (unpaired) electrons. The van der Waals surface area contributed by atoms with E-state index in [9.17, 15) is 19.1 Å². The molecule has 8 heteroatoms. The summed E-state index contributed by atoms with van der Waals surface area (Å²) < 4.78 is 13.7. The number of H-pyrrole nitrogens is 1. The maximum atomic E-state index is 14.2. The number of hydrogen-bond donors (Lipinski definition) is 4. The number of likely N-dealkylation sites (tertiary alicyclic amines) is 1. The van der Waals surface area contributed by atoms with Gasteiger partial charge < -0.3 is 25.6 Å². The Hall–Kier alpha value is -3.23. The second kappa shape index (κ2) is 12.5. The fourth-order valence-corrected chi connectivity index (χ4v) is 6.55. The number of benzene rings is 2. The Balaban J connectivity index is 1.45. The predicted molar refractivity (Wildman–Crippen MR) is 155 cm³/mol. The molecule has 5 rings (SSSR count). The summed E-state index contributed by atoms with van der Waals surface area (Å²) in [6, 6.07) is 12.9. The van der Waals surface area contributed by atoms with Gasteiger partial charge in [-0.15, -0.1) is 0 Å². The van der Waals surface area contributed by atoms with E-state index in [1.807, 2.05) is 38.1 Å². The number of nitrogens with zero attached hydrogens (tertiary/aromatic N) is 1. The molecule has 1 aliphatic carbocycles. The molecular formula is C32H41FN4O3. The van der Waals surface area contributed by atoms with Gasteiger partial charge in [0.25, 0.3) is 0 Å². The standard InChI is InChI=1S/C32H41FN4O3/c1-3-34-20(2)31(39)36-30(21-9-5-4-6-10-21)32(40)37-18-17-28(38)27(37)19-25-24-11-7-8-12-26(24)35-29(25)22-13-15-23(33)16-14-22/h7-8,11-16,20-21,27-28,30,34-35,38H,3-6,9-10,17-19H2,1-2H3,(H,36,39)/t20-,27-,28?,30-/m0/s1. The van der Waals surface area contributed by atoms with Gasteiger partial charge in [0.05, 0.1) is 18.2 Å². The highest BCUT2D eigenvalue weighted by Crippen LogP contribution is 2.35. The van der Waals surface area contributed by atoms with Crippen LogP contribution in [0.5, 0.6) is 0 Å². The van der Waals surface area contributed by atoms with E-state index in [4.69, 9.17) is 0 Å². The number of carbonyl (C=O) groups excluding carboxylic acids is 2. The lowest BCUT2D eigenvalue weighted by Gasteiger charge is -2.36. The van der Waals surface area contributed by atoms with E-state index in [-0.39, 0.29) is 23.5 Å². The first-order valence-electron chi connectivity index (χ1n) is 14.7. The molecule has 7 nitrogen and oxygen atoms in total. The van der Waals surface area contributed by atoms with Gasteiger partial charge in [-0.3, -0.25) is 9.59 Å². The fourth-order valence-electron chi connectivity index (χ4n) is 6.55. The number of aromatic nitrogens is 1. The van der Waals surface area contributed by atoms with Gasteiger partial charge in [-0.2, -0.15) is 0 Å². The van der Waals surface area contributed by atoms with Crippen molar-refractivity contribution in [1.82, 2.24) is 20.5 Å². The zero-order chi connectivity index (χ0) is 28.2. The van der Waals surface area contributed by atoms with Gasteiger partial charge >= 0.3 is 0 Å². The highest BCUT2D eigenvalue weighted by Gasteiger charge is 2.42. The predicted octanol–water partition coefficient (Wildman–Crippen LogP) is 4.54. The van der Waals surface area contributed by atoms with E-state index in [2.05, 4.69) is 15.6 Å². The summed E-state index contributed by atoms with van der Waals surface area (Å²) in [4.78, 5) is 32.6. The molecule has 214 valence electrons. The maximum Gasteiger partial charge on any atom is 0.245 e. The molecule has 1 aromatic heterocycles. The average molecular weight is 549 g/mol. The molecule has 2 aromatic carbocycles. The van der Waals surface area contributed by atoms with Crippen LogP contribution < -0.4 is 10.6 Å². The SMILES string of the molecule is CCN[C@@H](C)C(=O)N[C@H](C(=O)N1CCC(O)[C@@H]1Cc1c(-c2ccc(F)cc2)[nH]c2ccccc12)C1CCCCC1. The topological polar surface area (TPSA) is 97.5 Å². The third-order valence-electron chi connectivity index (χ3n) is 8.74. The van der Waals surface area contributed by atoms with Crippen LogP contribution in [0.25, 0.3) is 22.2 Å². The number of amides is 2. The Kier molecular flexibility index (Phi) is 8.86. The van der Waals surface area contributed by atoms with Crippen molar-refractivity contribution in [1.29, 1.82) is 0 Å². The molecule has 0 spiro atoms. The van der Waals surface area contributed by atoms with Crippen LogP contribution in [-0.4, -0.2) is 64.1 Å². The van der Waals surface area contributed by atoms with Crippen LogP contribution in [0, 0.1) is 11.7 Å².